The minimum absolute atomic E-state index is 0.222. The fourth-order valence-electron chi connectivity index (χ4n) is 2.93. The van der Waals surface area contributed by atoms with Crippen molar-refractivity contribution in [1.29, 1.82) is 0 Å². The molecule has 104 valence electrons. The molecular formula is C14H27N3S. The van der Waals surface area contributed by atoms with E-state index < -0.39 is 0 Å². The maximum absolute atomic E-state index is 4.19. The number of thiazole rings is 1. The summed E-state index contributed by atoms with van der Waals surface area (Å²) in [6.07, 6.45) is 5.39. The van der Waals surface area contributed by atoms with E-state index in [1.165, 1.54) is 4.88 Å². The summed E-state index contributed by atoms with van der Waals surface area (Å²) in [4.78, 5) is 7.95. The number of hydrogen-bond donors (Lipinski definition) is 1. The van der Waals surface area contributed by atoms with Crippen LogP contribution in [0.4, 0.5) is 0 Å². The molecule has 1 rings (SSSR count). The van der Waals surface area contributed by atoms with Crippen LogP contribution in [0.5, 0.6) is 0 Å². The summed E-state index contributed by atoms with van der Waals surface area (Å²) < 4.78 is 0. The van der Waals surface area contributed by atoms with Crippen LogP contribution in [0.25, 0.3) is 0 Å². The van der Waals surface area contributed by atoms with Gasteiger partial charge in [0, 0.05) is 29.1 Å². The third kappa shape index (κ3) is 3.31. The van der Waals surface area contributed by atoms with Gasteiger partial charge < -0.3 is 10.2 Å². The van der Waals surface area contributed by atoms with Crippen LogP contribution in [-0.2, 0) is 6.42 Å². The van der Waals surface area contributed by atoms with E-state index in [-0.39, 0.29) is 5.54 Å². The summed E-state index contributed by atoms with van der Waals surface area (Å²) in [6.45, 7) is 7.78. The van der Waals surface area contributed by atoms with Gasteiger partial charge in [0.25, 0.3) is 0 Å². The summed E-state index contributed by atoms with van der Waals surface area (Å²) in [5, 5.41) is 3.68. The Kier molecular flexibility index (Phi) is 6.26. The van der Waals surface area contributed by atoms with Crippen molar-refractivity contribution in [1.82, 2.24) is 15.2 Å². The maximum atomic E-state index is 4.19. The Labute approximate surface area is 116 Å². The predicted molar refractivity (Wildman–Crippen MR) is 80.3 cm³/mol. The molecule has 0 saturated carbocycles. The first-order valence-corrected chi connectivity index (χ1v) is 7.76. The van der Waals surface area contributed by atoms with Crippen molar-refractivity contribution in [2.45, 2.75) is 51.6 Å². The van der Waals surface area contributed by atoms with E-state index in [1.54, 1.807) is 11.3 Å². The molecule has 0 aromatic carbocycles. The molecule has 0 radical (unpaired) electrons. The highest BCUT2D eigenvalue weighted by molar-refractivity contribution is 7.09. The first-order valence-electron chi connectivity index (χ1n) is 6.88. The molecule has 1 aromatic heterocycles. The number of rotatable bonds is 8. The second-order valence-corrected chi connectivity index (χ2v) is 5.96. The monoisotopic (exact) mass is 269 g/mol. The van der Waals surface area contributed by atoms with Gasteiger partial charge >= 0.3 is 0 Å². The van der Waals surface area contributed by atoms with Gasteiger partial charge in [-0.05, 0) is 33.5 Å². The van der Waals surface area contributed by atoms with Gasteiger partial charge in [0.05, 0.1) is 5.51 Å². The summed E-state index contributed by atoms with van der Waals surface area (Å²) in [5.74, 6) is 0. The molecule has 0 aliphatic rings. The number of nitrogens with one attached hydrogen (secondary N) is 1. The maximum Gasteiger partial charge on any atom is 0.0794 e. The van der Waals surface area contributed by atoms with Gasteiger partial charge in [-0.2, -0.15) is 0 Å². The van der Waals surface area contributed by atoms with E-state index in [4.69, 9.17) is 0 Å². The van der Waals surface area contributed by atoms with Crippen molar-refractivity contribution in [3.8, 4) is 0 Å². The number of hydrogen-bond acceptors (Lipinski definition) is 4. The Hall–Kier alpha value is -0.450. The fraction of sp³-hybridized carbons (Fsp3) is 0.786. The Morgan fingerprint density at radius 3 is 2.39 bits per heavy atom. The lowest BCUT2D eigenvalue weighted by Crippen LogP contribution is -2.59. The van der Waals surface area contributed by atoms with Gasteiger partial charge in [-0.15, -0.1) is 11.3 Å². The Morgan fingerprint density at radius 1 is 1.33 bits per heavy atom. The van der Waals surface area contributed by atoms with Crippen LogP contribution < -0.4 is 5.32 Å². The van der Waals surface area contributed by atoms with Gasteiger partial charge in [0.2, 0.25) is 0 Å². The highest BCUT2D eigenvalue weighted by Gasteiger charge is 2.37. The van der Waals surface area contributed by atoms with E-state index >= 15 is 0 Å². The predicted octanol–water partition coefficient (Wildman–Crippen LogP) is 2.78. The molecule has 1 heterocycles. The van der Waals surface area contributed by atoms with Crippen LogP contribution in [0, 0.1) is 0 Å². The average Bonchev–Trinajstić information content (AvgIpc) is 2.84. The molecule has 3 nitrogen and oxygen atoms in total. The smallest absolute Gasteiger partial charge is 0.0794 e. The van der Waals surface area contributed by atoms with Gasteiger partial charge in [-0.25, -0.2) is 0 Å². The number of nitrogens with zero attached hydrogens (tertiary/aromatic N) is 2. The molecule has 1 N–H and O–H groups in total. The van der Waals surface area contributed by atoms with Crippen LogP contribution in [-0.4, -0.2) is 42.1 Å². The van der Waals surface area contributed by atoms with Crippen LogP contribution in [0.1, 0.15) is 38.5 Å². The molecule has 0 aliphatic heterocycles. The highest BCUT2D eigenvalue weighted by Crippen LogP contribution is 2.28. The highest BCUT2D eigenvalue weighted by atomic mass is 32.1. The first kappa shape index (κ1) is 15.6. The lowest BCUT2D eigenvalue weighted by molar-refractivity contribution is 0.0892. The fourth-order valence-corrected chi connectivity index (χ4v) is 3.57. The van der Waals surface area contributed by atoms with Crippen LogP contribution in [0.15, 0.2) is 11.7 Å². The molecule has 0 saturated heterocycles. The molecule has 0 amide bonds. The molecule has 1 aromatic rings. The molecule has 0 fully saturated rings. The lowest BCUT2D eigenvalue weighted by Gasteiger charge is -2.45. The van der Waals surface area contributed by atoms with Crippen molar-refractivity contribution in [3.63, 3.8) is 0 Å². The molecule has 1 atom stereocenters. The second-order valence-electron chi connectivity index (χ2n) is 4.99. The number of aromatic nitrogens is 1. The summed E-state index contributed by atoms with van der Waals surface area (Å²) >= 11 is 1.76. The van der Waals surface area contributed by atoms with Crippen molar-refractivity contribution in [2.24, 2.45) is 0 Å². The van der Waals surface area contributed by atoms with E-state index in [2.05, 4.69) is 50.1 Å². The third-order valence-corrected chi connectivity index (χ3v) is 4.91. The molecular weight excluding hydrogens is 242 g/mol. The molecule has 0 bridgehead atoms. The zero-order valence-electron chi connectivity index (χ0n) is 12.4. The summed E-state index contributed by atoms with van der Waals surface area (Å²) in [6, 6.07) is 0.480. The Morgan fingerprint density at radius 2 is 2.00 bits per heavy atom. The van der Waals surface area contributed by atoms with E-state index in [9.17, 15) is 0 Å². The lowest BCUT2D eigenvalue weighted by atomic mass is 9.81. The topological polar surface area (TPSA) is 28.2 Å². The Balaban J connectivity index is 2.92. The minimum Gasteiger partial charge on any atom is -0.312 e. The minimum atomic E-state index is 0.222. The SMILES string of the molecule is CCNC(Cc1cncs1)C(CC)(CC)N(C)C. The van der Waals surface area contributed by atoms with Gasteiger partial charge in [0.15, 0.2) is 0 Å². The van der Waals surface area contributed by atoms with E-state index in [1.807, 2.05) is 11.7 Å². The molecule has 18 heavy (non-hydrogen) atoms. The number of likely N-dealkylation sites (N-methyl/N-ethyl adjacent to an activating group) is 2. The van der Waals surface area contributed by atoms with Gasteiger partial charge in [-0.3, -0.25) is 4.98 Å². The average molecular weight is 269 g/mol. The molecule has 1 unspecified atom stereocenters. The first-order chi connectivity index (χ1) is 8.60. The van der Waals surface area contributed by atoms with Gasteiger partial charge in [-0.1, -0.05) is 20.8 Å². The van der Waals surface area contributed by atoms with E-state index in [0.717, 1.165) is 25.8 Å². The van der Waals surface area contributed by atoms with Gasteiger partial charge in [0.1, 0.15) is 0 Å². The van der Waals surface area contributed by atoms with Crippen LogP contribution >= 0.6 is 11.3 Å². The van der Waals surface area contributed by atoms with E-state index in [0.29, 0.717) is 6.04 Å². The van der Waals surface area contributed by atoms with Crippen molar-refractivity contribution in [3.05, 3.63) is 16.6 Å². The quantitative estimate of drug-likeness (QED) is 0.786. The van der Waals surface area contributed by atoms with Crippen molar-refractivity contribution >= 4 is 11.3 Å². The van der Waals surface area contributed by atoms with Crippen molar-refractivity contribution < 1.29 is 0 Å². The third-order valence-electron chi connectivity index (χ3n) is 4.10. The van der Waals surface area contributed by atoms with Crippen LogP contribution in [0.2, 0.25) is 0 Å². The second kappa shape index (κ2) is 7.22. The molecule has 4 heteroatoms. The summed E-state index contributed by atoms with van der Waals surface area (Å²) in [7, 11) is 4.40. The zero-order chi connectivity index (χ0) is 13.6. The van der Waals surface area contributed by atoms with Crippen LogP contribution in [0.3, 0.4) is 0 Å². The summed E-state index contributed by atoms with van der Waals surface area (Å²) in [5.41, 5.74) is 2.15. The molecule has 0 spiro atoms. The molecule has 0 aliphatic carbocycles. The standard InChI is InChI=1S/C14H27N3S/c1-6-14(7-2,17(4)5)13(16-8-3)9-12-10-15-11-18-12/h10-11,13,16H,6-9H2,1-5H3. The Bertz CT molecular complexity index is 318. The normalized spacial score (nSPS) is 14.1. The van der Waals surface area contributed by atoms with Crippen molar-refractivity contribution in [2.75, 3.05) is 20.6 Å². The largest absolute Gasteiger partial charge is 0.312 e. The zero-order valence-corrected chi connectivity index (χ0v) is 13.2.